The highest BCUT2D eigenvalue weighted by molar-refractivity contribution is 8.00. The van der Waals surface area contributed by atoms with Gasteiger partial charge < -0.3 is 9.84 Å². The summed E-state index contributed by atoms with van der Waals surface area (Å²) in [5.41, 5.74) is 3.84. The van der Waals surface area contributed by atoms with E-state index < -0.39 is 5.97 Å². The van der Waals surface area contributed by atoms with Gasteiger partial charge in [-0.05, 0) is 67.3 Å². The maximum Gasteiger partial charge on any atom is 0.335 e. The molecular formula is C25H20ClN3O3S. The molecule has 0 amide bonds. The number of aryl methyl sites for hydroxylation is 2. The van der Waals surface area contributed by atoms with Gasteiger partial charge in [0.15, 0.2) is 0 Å². The Labute approximate surface area is 200 Å². The van der Waals surface area contributed by atoms with Gasteiger partial charge in [-0.1, -0.05) is 48.0 Å². The first-order chi connectivity index (χ1) is 15.9. The number of anilines is 1. The molecule has 8 heteroatoms. The fourth-order valence-corrected chi connectivity index (χ4v) is 4.04. The van der Waals surface area contributed by atoms with E-state index in [4.69, 9.17) is 21.3 Å². The van der Waals surface area contributed by atoms with E-state index in [-0.39, 0.29) is 22.2 Å². The Hall–Kier alpha value is -3.55. The predicted octanol–water partition coefficient (Wildman–Crippen LogP) is 7.02. The molecule has 0 saturated carbocycles. The molecule has 2 N–H and O–H groups in total. The standard InChI is InChI=1S/C25H20ClN3O3S/c1-15-7-6-8-16(2)23(15)20-14-22(32-21-13-17(24(30)31)11-12-19(21)26)28-25(27-20)29-33-18-9-4-3-5-10-18/h3-14H,1-2H3,(H,30,31)(H,27,28,29). The molecule has 1 aromatic heterocycles. The SMILES string of the molecule is Cc1cccc(C)c1-c1cc(Oc2cc(C(=O)O)ccc2Cl)nc(NSc2ccccc2)n1. The van der Waals surface area contributed by atoms with E-state index in [1.165, 1.54) is 30.1 Å². The van der Waals surface area contributed by atoms with Crippen molar-refractivity contribution in [2.45, 2.75) is 18.7 Å². The van der Waals surface area contributed by atoms with Crippen LogP contribution in [0.15, 0.2) is 77.7 Å². The van der Waals surface area contributed by atoms with Crippen LogP contribution < -0.4 is 9.46 Å². The van der Waals surface area contributed by atoms with Crippen LogP contribution in [0.4, 0.5) is 5.95 Å². The molecule has 4 rings (SSSR count). The summed E-state index contributed by atoms with van der Waals surface area (Å²) in [5.74, 6) is -0.283. The van der Waals surface area contributed by atoms with Gasteiger partial charge in [-0.3, -0.25) is 4.72 Å². The lowest BCUT2D eigenvalue weighted by molar-refractivity contribution is 0.0696. The van der Waals surface area contributed by atoms with Gasteiger partial charge in [-0.25, -0.2) is 9.78 Å². The number of aromatic carboxylic acids is 1. The molecule has 166 valence electrons. The van der Waals surface area contributed by atoms with Gasteiger partial charge in [0.2, 0.25) is 11.8 Å². The highest BCUT2D eigenvalue weighted by atomic mass is 35.5. The summed E-state index contributed by atoms with van der Waals surface area (Å²) in [6.07, 6.45) is 0. The minimum Gasteiger partial charge on any atom is -0.478 e. The van der Waals surface area contributed by atoms with Crippen LogP contribution in [0.1, 0.15) is 21.5 Å². The first-order valence-electron chi connectivity index (χ1n) is 10.0. The van der Waals surface area contributed by atoms with Crippen molar-refractivity contribution in [3.05, 3.63) is 94.5 Å². The van der Waals surface area contributed by atoms with Crippen molar-refractivity contribution in [2.75, 3.05) is 4.72 Å². The van der Waals surface area contributed by atoms with Gasteiger partial charge in [0.05, 0.1) is 16.3 Å². The van der Waals surface area contributed by atoms with E-state index in [2.05, 4.69) is 9.71 Å². The topological polar surface area (TPSA) is 84.3 Å². The highest BCUT2D eigenvalue weighted by Gasteiger charge is 2.15. The van der Waals surface area contributed by atoms with Crippen molar-refractivity contribution in [1.82, 2.24) is 9.97 Å². The second kappa shape index (κ2) is 9.94. The van der Waals surface area contributed by atoms with Crippen molar-refractivity contribution in [1.29, 1.82) is 0 Å². The van der Waals surface area contributed by atoms with Crippen LogP contribution in [0.2, 0.25) is 5.02 Å². The van der Waals surface area contributed by atoms with E-state index in [1.807, 2.05) is 62.4 Å². The number of halogens is 1. The molecule has 0 saturated heterocycles. The first kappa shape index (κ1) is 22.6. The number of aromatic nitrogens is 2. The number of nitrogens with one attached hydrogen (secondary N) is 1. The number of nitrogens with zero attached hydrogens (tertiary/aromatic N) is 2. The van der Waals surface area contributed by atoms with Crippen molar-refractivity contribution < 1.29 is 14.6 Å². The molecule has 6 nitrogen and oxygen atoms in total. The zero-order valence-corrected chi connectivity index (χ0v) is 19.4. The van der Waals surface area contributed by atoms with Crippen LogP contribution in [0.25, 0.3) is 11.3 Å². The van der Waals surface area contributed by atoms with Gasteiger partial charge in [0, 0.05) is 16.5 Å². The Balaban J connectivity index is 1.74. The Kier molecular flexibility index (Phi) is 6.82. The van der Waals surface area contributed by atoms with E-state index in [1.54, 1.807) is 6.07 Å². The zero-order chi connectivity index (χ0) is 23.4. The van der Waals surface area contributed by atoms with E-state index in [9.17, 15) is 9.90 Å². The van der Waals surface area contributed by atoms with E-state index >= 15 is 0 Å². The lowest BCUT2D eigenvalue weighted by Crippen LogP contribution is -2.01. The van der Waals surface area contributed by atoms with Crippen LogP contribution in [0.5, 0.6) is 11.6 Å². The molecule has 4 aromatic rings. The molecular weight excluding hydrogens is 458 g/mol. The Morgan fingerprint density at radius 3 is 2.39 bits per heavy atom. The number of carboxylic acids is 1. The summed E-state index contributed by atoms with van der Waals surface area (Å²) in [6.45, 7) is 4.04. The minimum atomic E-state index is -1.07. The molecule has 0 bridgehead atoms. The quantitative estimate of drug-likeness (QED) is 0.276. The summed E-state index contributed by atoms with van der Waals surface area (Å²) in [4.78, 5) is 21.5. The molecule has 3 aromatic carbocycles. The lowest BCUT2D eigenvalue weighted by atomic mass is 10.00. The molecule has 0 aliphatic heterocycles. The van der Waals surface area contributed by atoms with Crippen LogP contribution >= 0.6 is 23.5 Å². The summed E-state index contributed by atoms with van der Waals surface area (Å²) in [5, 5.41) is 9.58. The van der Waals surface area contributed by atoms with Gasteiger partial charge >= 0.3 is 5.97 Å². The number of benzene rings is 3. The fraction of sp³-hybridized carbons (Fsp3) is 0.0800. The molecule has 0 atom stereocenters. The third-order valence-corrected chi connectivity index (χ3v) is 5.94. The minimum absolute atomic E-state index is 0.0661. The Bertz CT molecular complexity index is 1300. The third kappa shape index (κ3) is 5.45. The maximum atomic E-state index is 11.4. The number of hydrogen-bond acceptors (Lipinski definition) is 6. The summed E-state index contributed by atoms with van der Waals surface area (Å²) >= 11 is 7.63. The molecule has 33 heavy (non-hydrogen) atoms. The van der Waals surface area contributed by atoms with Crippen molar-refractivity contribution in [3.8, 4) is 22.9 Å². The number of hydrogen-bond donors (Lipinski definition) is 2. The summed E-state index contributed by atoms with van der Waals surface area (Å²) in [6, 6.07) is 21.8. The Morgan fingerprint density at radius 1 is 0.970 bits per heavy atom. The predicted molar refractivity (Wildman–Crippen MR) is 131 cm³/mol. The monoisotopic (exact) mass is 477 g/mol. The average Bonchev–Trinajstić information content (AvgIpc) is 2.79. The number of rotatable bonds is 7. The van der Waals surface area contributed by atoms with Crippen LogP contribution in [0.3, 0.4) is 0 Å². The molecule has 0 aliphatic rings. The number of ether oxygens (including phenoxy) is 1. The van der Waals surface area contributed by atoms with Gasteiger partial charge in [0.1, 0.15) is 5.75 Å². The van der Waals surface area contributed by atoms with E-state index in [0.29, 0.717) is 11.6 Å². The van der Waals surface area contributed by atoms with Gasteiger partial charge in [0.25, 0.3) is 0 Å². The average molecular weight is 478 g/mol. The highest BCUT2D eigenvalue weighted by Crippen LogP contribution is 2.34. The maximum absolute atomic E-state index is 11.4. The van der Waals surface area contributed by atoms with Gasteiger partial charge in [-0.2, -0.15) is 4.98 Å². The zero-order valence-electron chi connectivity index (χ0n) is 17.9. The van der Waals surface area contributed by atoms with Crippen LogP contribution in [-0.4, -0.2) is 21.0 Å². The first-order valence-corrected chi connectivity index (χ1v) is 11.2. The third-order valence-electron chi connectivity index (χ3n) is 4.84. The van der Waals surface area contributed by atoms with Crippen LogP contribution in [-0.2, 0) is 0 Å². The number of carboxylic acid groups (broad SMARTS) is 1. The second-order valence-electron chi connectivity index (χ2n) is 7.25. The van der Waals surface area contributed by atoms with Crippen molar-refractivity contribution in [2.24, 2.45) is 0 Å². The Morgan fingerprint density at radius 2 is 1.70 bits per heavy atom. The molecule has 0 radical (unpaired) electrons. The molecule has 0 unspecified atom stereocenters. The largest absolute Gasteiger partial charge is 0.478 e. The molecule has 1 heterocycles. The second-order valence-corrected chi connectivity index (χ2v) is 8.54. The summed E-state index contributed by atoms with van der Waals surface area (Å²) in [7, 11) is 0. The van der Waals surface area contributed by atoms with E-state index in [0.717, 1.165) is 21.6 Å². The molecule has 0 spiro atoms. The number of carbonyl (C=O) groups is 1. The molecule has 0 fully saturated rings. The smallest absolute Gasteiger partial charge is 0.335 e. The lowest BCUT2D eigenvalue weighted by Gasteiger charge is -2.14. The summed E-state index contributed by atoms with van der Waals surface area (Å²) < 4.78 is 9.11. The van der Waals surface area contributed by atoms with Crippen LogP contribution in [0, 0.1) is 13.8 Å². The fourth-order valence-electron chi connectivity index (χ4n) is 3.29. The normalized spacial score (nSPS) is 10.6. The van der Waals surface area contributed by atoms with Crippen molar-refractivity contribution in [3.63, 3.8) is 0 Å². The van der Waals surface area contributed by atoms with Gasteiger partial charge in [-0.15, -0.1) is 0 Å². The van der Waals surface area contributed by atoms with Crippen molar-refractivity contribution >= 4 is 35.5 Å². The molecule has 0 aliphatic carbocycles.